The van der Waals surface area contributed by atoms with Crippen LogP contribution in [0.1, 0.15) is 25.7 Å². The molecule has 0 aromatic heterocycles. The van der Waals surface area contributed by atoms with E-state index in [4.69, 9.17) is 0 Å². The van der Waals surface area contributed by atoms with Crippen molar-refractivity contribution >= 4 is 5.91 Å². The average molecular weight is 280 g/mol. The minimum Gasteiger partial charge on any atom is -0.339 e. The number of nitrogens with one attached hydrogen (secondary N) is 1. The zero-order chi connectivity index (χ0) is 13.9. The molecular formula is C15H28N4O. The quantitative estimate of drug-likeness (QED) is 0.788. The molecule has 0 saturated carbocycles. The van der Waals surface area contributed by atoms with E-state index in [9.17, 15) is 4.79 Å². The Labute approximate surface area is 122 Å². The fraction of sp³-hybridized carbons (Fsp3) is 0.933. The summed E-state index contributed by atoms with van der Waals surface area (Å²) in [5, 5.41) is 3.61. The monoisotopic (exact) mass is 280 g/mol. The molecule has 3 aliphatic rings. The van der Waals surface area contributed by atoms with Gasteiger partial charge in [0, 0.05) is 38.3 Å². The number of likely N-dealkylation sites (N-methyl/N-ethyl adjacent to an activating group) is 1. The standard InChI is InChI=1S/C15H28N4O/c1-17-8-10-18(11-9-17)15(20)12-19-7-3-5-14(19)13-4-2-6-16-13/h13-14,16H,2-12H2,1H3. The lowest BCUT2D eigenvalue weighted by atomic mass is 10.0. The maximum atomic E-state index is 12.5. The van der Waals surface area contributed by atoms with Crippen molar-refractivity contribution in [3.8, 4) is 0 Å². The summed E-state index contributed by atoms with van der Waals surface area (Å²) in [5.41, 5.74) is 0. The minimum atomic E-state index is 0.336. The van der Waals surface area contributed by atoms with E-state index in [2.05, 4.69) is 27.1 Å². The van der Waals surface area contributed by atoms with Gasteiger partial charge in [-0.05, 0) is 45.8 Å². The van der Waals surface area contributed by atoms with Crippen molar-refractivity contribution in [1.29, 1.82) is 0 Å². The van der Waals surface area contributed by atoms with E-state index in [1.54, 1.807) is 0 Å². The van der Waals surface area contributed by atoms with E-state index < -0.39 is 0 Å². The summed E-state index contributed by atoms with van der Waals surface area (Å²) in [5.74, 6) is 0.336. The fourth-order valence-electron chi connectivity index (χ4n) is 3.87. The number of rotatable bonds is 3. The fourth-order valence-corrected chi connectivity index (χ4v) is 3.87. The smallest absolute Gasteiger partial charge is 0.236 e. The largest absolute Gasteiger partial charge is 0.339 e. The van der Waals surface area contributed by atoms with E-state index >= 15 is 0 Å². The molecule has 0 radical (unpaired) electrons. The molecular weight excluding hydrogens is 252 g/mol. The number of hydrogen-bond donors (Lipinski definition) is 1. The van der Waals surface area contributed by atoms with E-state index in [0.29, 0.717) is 24.5 Å². The van der Waals surface area contributed by atoms with Gasteiger partial charge in [0.1, 0.15) is 0 Å². The molecule has 0 spiro atoms. The van der Waals surface area contributed by atoms with Crippen LogP contribution in [0.2, 0.25) is 0 Å². The molecule has 0 aromatic carbocycles. The molecule has 1 amide bonds. The van der Waals surface area contributed by atoms with Crippen LogP contribution in [0.3, 0.4) is 0 Å². The van der Waals surface area contributed by atoms with E-state index in [-0.39, 0.29) is 0 Å². The summed E-state index contributed by atoms with van der Waals surface area (Å²) < 4.78 is 0. The van der Waals surface area contributed by atoms with Crippen molar-refractivity contribution in [3.63, 3.8) is 0 Å². The van der Waals surface area contributed by atoms with Crippen molar-refractivity contribution < 1.29 is 4.79 Å². The topological polar surface area (TPSA) is 38.8 Å². The molecule has 3 rings (SSSR count). The van der Waals surface area contributed by atoms with Crippen molar-refractivity contribution in [2.45, 2.75) is 37.8 Å². The minimum absolute atomic E-state index is 0.336. The second-order valence-electron chi connectivity index (χ2n) is 6.57. The first kappa shape index (κ1) is 14.3. The molecule has 5 heteroatoms. The first-order valence-electron chi connectivity index (χ1n) is 8.18. The highest BCUT2D eigenvalue weighted by molar-refractivity contribution is 5.78. The molecule has 0 bridgehead atoms. The maximum Gasteiger partial charge on any atom is 0.236 e. The van der Waals surface area contributed by atoms with Gasteiger partial charge in [0.15, 0.2) is 0 Å². The summed E-state index contributed by atoms with van der Waals surface area (Å²) in [6, 6.07) is 1.21. The molecule has 114 valence electrons. The van der Waals surface area contributed by atoms with Gasteiger partial charge < -0.3 is 15.1 Å². The zero-order valence-corrected chi connectivity index (χ0v) is 12.7. The molecule has 5 nitrogen and oxygen atoms in total. The van der Waals surface area contributed by atoms with E-state index in [1.165, 1.54) is 25.7 Å². The summed E-state index contributed by atoms with van der Waals surface area (Å²) in [7, 11) is 2.13. The van der Waals surface area contributed by atoms with Crippen LogP contribution in [-0.2, 0) is 4.79 Å². The predicted octanol–water partition coefficient (Wildman–Crippen LogP) is -0.0232. The number of piperazine rings is 1. The molecule has 3 saturated heterocycles. The molecule has 2 atom stereocenters. The predicted molar refractivity (Wildman–Crippen MR) is 79.7 cm³/mol. The molecule has 0 aromatic rings. The van der Waals surface area contributed by atoms with Crippen molar-refractivity contribution in [2.75, 3.05) is 52.9 Å². The van der Waals surface area contributed by atoms with Crippen LogP contribution in [0, 0.1) is 0 Å². The summed E-state index contributed by atoms with van der Waals surface area (Å²) in [6.45, 7) is 6.71. The summed E-state index contributed by atoms with van der Waals surface area (Å²) >= 11 is 0. The lowest BCUT2D eigenvalue weighted by Crippen LogP contribution is -2.52. The van der Waals surface area contributed by atoms with Gasteiger partial charge in [-0.1, -0.05) is 0 Å². The first-order chi connectivity index (χ1) is 9.74. The average Bonchev–Trinajstić information content (AvgIpc) is 3.09. The zero-order valence-electron chi connectivity index (χ0n) is 12.7. The molecule has 1 N–H and O–H groups in total. The highest BCUT2D eigenvalue weighted by Crippen LogP contribution is 2.24. The normalized spacial score (nSPS) is 33.0. The van der Waals surface area contributed by atoms with Crippen molar-refractivity contribution in [3.05, 3.63) is 0 Å². The number of likely N-dealkylation sites (tertiary alicyclic amines) is 1. The van der Waals surface area contributed by atoms with Crippen LogP contribution in [-0.4, -0.2) is 85.6 Å². The Morgan fingerprint density at radius 2 is 1.90 bits per heavy atom. The second-order valence-corrected chi connectivity index (χ2v) is 6.57. The highest BCUT2D eigenvalue weighted by Gasteiger charge is 2.34. The van der Waals surface area contributed by atoms with Crippen molar-refractivity contribution in [1.82, 2.24) is 20.0 Å². The Morgan fingerprint density at radius 1 is 1.10 bits per heavy atom. The van der Waals surface area contributed by atoms with Gasteiger partial charge >= 0.3 is 0 Å². The first-order valence-corrected chi connectivity index (χ1v) is 8.18. The van der Waals surface area contributed by atoms with Crippen LogP contribution < -0.4 is 5.32 Å². The van der Waals surface area contributed by atoms with Gasteiger partial charge in [0.2, 0.25) is 5.91 Å². The second kappa shape index (κ2) is 6.41. The van der Waals surface area contributed by atoms with Gasteiger partial charge in [-0.25, -0.2) is 0 Å². The number of amides is 1. The van der Waals surface area contributed by atoms with Gasteiger partial charge in [-0.2, -0.15) is 0 Å². The third-order valence-corrected chi connectivity index (χ3v) is 5.17. The summed E-state index contributed by atoms with van der Waals surface area (Å²) in [4.78, 5) is 19.3. The van der Waals surface area contributed by atoms with Gasteiger partial charge in [-0.15, -0.1) is 0 Å². The Bertz CT molecular complexity index is 335. The molecule has 3 heterocycles. The third-order valence-electron chi connectivity index (χ3n) is 5.17. The Kier molecular flexibility index (Phi) is 4.58. The molecule has 0 aliphatic carbocycles. The molecule has 3 fully saturated rings. The Morgan fingerprint density at radius 3 is 2.60 bits per heavy atom. The Hall–Kier alpha value is -0.650. The van der Waals surface area contributed by atoms with Crippen LogP contribution in [0.5, 0.6) is 0 Å². The summed E-state index contributed by atoms with van der Waals surface area (Å²) in [6.07, 6.45) is 5.08. The van der Waals surface area contributed by atoms with Gasteiger partial charge in [0.25, 0.3) is 0 Å². The SMILES string of the molecule is CN1CCN(C(=O)CN2CCCC2C2CCCN2)CC1. The van der Waals surface area contributed by atoms with E-state index in [1.807, 2.05) is 0 Å². The molecule has 3 aliphatic heterocycles. The number of carbonyl (C=O) groups excluding carboxylic acids is 1. The Balaban J connectivity index is 1.52. The van der Waals surface area contributed by atoms with Crippen LogP contribution in [0.4, 0.5) is 0 Å². The third kappa shape index (κ3) is 3.15. The van der Waals surface area contributed by atoms with Crippen LogP contribution in [0.15, 0.2) is 0 Å². The van der Waals surface area contributed by atoms with Gasteiger partial charge in [0.05, 0.1) is 6.54 Å². The number of nitrogens with zero attached hydrogens (tertiary/aromatic N) is 3. The molecule has 20 heavy (non-hydrogen) atoms. The van der Waals surface area contributed by atoms with Crippen LogP contribution in [0.25, 0.3) is 0 Å². The molecule has 2 unspecified atom stereocenters. The number of carbonyl (C=O) groups is 1. The highest BCUT2D eigenvalue weighted by atomic mass is 16.2. The van der Waals surface area contributed by atoms with E-state index in [0.717, 1.165) is 39.3 Å². The van der Waals surface area contributed by atoms with Crippen LogP contribution >= 0.6 is 0 Å². The maximum absolute atomic E-state index is 12.5. The lowest BCUT2D eigenvalue weighted by molar-refractivity contribution is -0.134. The van der Waals surface area contributed by atoms with Gasteiger partial charge in [-0.3, -0.25) is 9.69 Å². The van der Waals surface area contributed by atoms with Crippen molar-refractivity contribution in [2.24, 2.45) is 0 Å². The number of hydrogen-bond acceptors (Lipinski definition) is 4. The lowest BCUT2D eigenvalue weighted by Gasteiger charge is -2.35.